The number of hydrogen-bond donors (Lipinski definition) is 2. The Kier molecular flexibility index (Phi) is 4.65. The van der Waals surface area contributed by atoms with Gasteiger partial charge in [-0.2, -0.15) is 0 Å². The summed E-state index contributed by atoms with van der Waals surface area (Å²) in [5.74, 6) is 3.10. The van der Waals surface area contributed by atoms with Crippen LogP contribution in [-0.4, -0.2) is 17.8 Å². The Morgan fingerprint density at radius 3 is 2.76 bits per heavy atom. The number of allylic oxidation sites excluding steroid dienone is 3. The summed E-state index contributed by atoms with van der Waals surface area (Å²) in [6.45, 7) is 5.72. The number of aliphatic hydroxyl groups excluding tert-OH is 1. The average molecular weight is 344 g/mol. The maximum Gasteiger partial charge on any atom is 0.0596 e. The Hall–Kier alpha value is -0.600. The molecule has 2 heteroatoms. The van der Waals surface area contributed by atoms with Crippen molar-refractivity contribution in [3.8, 4) is 0 Å². The van der Waals surface area contributed by atoms with Crippen LogP contribution in [0.25, 0.3) is 0 Å². The second-order valence-corrected chi connectivity index (χ2v) is 9.87. The predicted molar refractivity (Wildman–Crippen MR) is 104 cm³/mol. The SMILES string of the molecule is CC12CCC(C=CCCN)C=C1CCC1C2CCC2(C)C(O)CCC12. The van der Waals surface area contributed by atoms with Gasteiger partial charge in [0.2, 0.25) is 0 Å². The molecule has 0 amide bonds. The molecular formula is C23H37NO. The lowest BCUT2D eigenvalue weighted by atomic mass is 9.47. The number of hydrogen-bond acceptors (Lipinski definition) is 2. The largest absolute Gasteiger partial charge is 0.393 e. The molecule has 140 valence electrons. The summed E-state index contributed by atoms with van der Waals surface area (Å²) in [6, 6.07) is 0. The van der Waals surface area contributed by atoms with E-state index in [1.165, 1.54) is 44.9 Å². The van der Waals surface area contributed by atoms with Crippen molar-refractivity contribution in [2.45, 2.75) is 77.7 Å². The van der Waals surface area contributed by atoms with Crippen LogP contribution in [0.5, 0.6) is 0 Å². The molecule has 3 saturated carbocycles. The van der Waals surface area contributed by atoms with Gasteiger partial charge in [-0.1, -0.05) is 37.6 Å². The zero-order valence-corrected chi connectivity index (χ0v) is 16.2. The molecule has 0 saturated heterocycles. The first-order valence-electron chi connectivity index (χ1n) is 10.7. The Bertz CT molecular complexity index is 566. The quantitative estimate of drug-likeness (QED) is 0.721. The molecule has 4 aliphatic carbocycles. The van der Waals surface area contributed by atoms with E-state index in [9.17, 15) is 5.11 Å². The smallest absolute Gasteiger partial charge is 0.0596 e. The molecule has 4 rings (SSSR count). The van der Waals surface area contributed by atoms with Crippen molar-refractivity contribution >= 4 is 0 Å². The van der Waals surface area contributed by atoms with Gasteiger partial charge in [0, 0.05) is 0 Å². The third-order valence-corrected chi connectivity index (χ3v) is 8.81. The molecule has 0 aromatic carbocycles. The lowest BCUT2D eigenvalue weighted by Gasteiger charge is -2.58. The van der Waals surface area contributed by atoms with Crippen LogP contribution < -0.4 is 5.73 Å². The minimum absolute atomic E-state index is 0.0494. The van der Waals surface area contributed by atoms with E-state index in [1.54, 1.807) is 5.57 Å². The Labute approximate surface area is 153 Å². The first-order valence-corrected chi connectivity index (χ1v) is 10.7. The molecule has 0 radical (unpaired) electrons. The van der Waals surface area contributed by atoms with Gasteiger partial charge in [-0.25, -0.2) is 0 Å². The van der Waals surface area contributed by atoms with Gasteiger partial charge < -0.3 is 10.8 Å². The van der Waals surface area contributed by atoms with Gasteiger partial charge in [0.1, 0.15) is 0 Å². The van der Waals surface area contributed by atoms with Gasteiger partial charge >= 0.3 is 0 Å². The molecule has 0 aliphatic heterocycles. The maximum absolute atomic E-state index is 10.6. The molecule has 0 spiro atoms. The first kappa shape index (κ1) is 17.8. The van der Waals surface area contributed by atoms with Crippen LogP contribution in [0.1, 0.15) is 71.6 Å². The standard InChI is InChI=1S/C23H37NO/c1-22-12-10-16(5-3-4-14-24)15-17(22)6-7-18-19-8-9-21(25)23(19,2)13-11-20(18)22/h3,5,15-16,18-21,25H,4,6-14,24H2,1-2H3. The van der Waals surface area contributed by atoms with Crippen molar-refractivity contribution in [3.63, 3.8) is 0 Å². The van der Waals surface area contributed by atoms with E-state index in [1.807, 2.05) is 0 Å². The van der Waals surface area contributed by atoms with Gasteiger partial charge in [-0.05, 0) is 98.8 Å². The Morgan fingerprint density at radius 1 is 1.12 bits per heavy atom. The molecule has 7 atom stereocenters. The zero-order valence-electron chi connectivity index (χ0n) is 16.2. The van der Waals surface area contributed by atoms with E-state index in [2.05, 4.69) is 32.1 Å². The topological polar surface area (TPSA) is 46.2 Å². The molecule has 4 aliphatic rings. The van der Waals surface area contributed by atoms with Crippen LogP contribution in [0.15, 0.2) is 23.8 Å². The predicted octanol–water partition coefficient (Wildman–Crippen LogP) is 4.83. The van der Waals surface area contributed by atoms with E-state index >= 15 is 0 Å². The second kappa shape index (κ2) is 6.53. The van der Waals surface area contributed by atoms with E-state index in [0.29, 0.717) is 11.3 Å². The fourth-order valence-corrected chi connectivity index (χ4v) is 7.25. The van der Waals surface area contributed by atoms with Crippen LogP contribution in [0.3, 0.4) is 0 Å². The van der Waals surface area contributed by atoms with Crippen molar-refractivity contribution in [1.29, 1.82) is 0 Å². The normalized spacial score (nSPS) is 49.4. The molecule has 0 aromatic heterocycles. The fraction of sp³-hybridized carbons (Fsp3) is 0.826. The van der Waals surface area contributed by atoms with Gasteiger partial charge in [-0.3, -0.25) is 0 Å². The molecule has 0 aromatic rings. The maximum atomic E-state index is 10.6. The zero-order chi connectivity index (χ0) is 17.7. The van der Waals surface area contributed by atoms with E-state index in [4.69, 9.17) is 5.73 Å². The summed E-state index contributed by atoms with van der Waals surface area (Å²) in [7, 11) is 0. The summed E-state index contributed by atoms with van der Waals surface area (Å²) in [6.07, 6.45) is 18.4. The van der Waals surface area contributed by atoms with Crippen molar-refractivity contribution in [3.05, 3.63) is 23.8 Å². The van der Waals surface area contributed by atoms with Crippen LogP contribution in [0.2, 0.25) is 0 Å². The Balaban J connectivity index is 1.56. The van der Waals surface area contributed by atoms with E-state index in [-0.39, 0.29) is 11.5 Å². The molecule has 25 heavy (non-hydrogen) atoms. The summed E-state index contributed by atoms with van der Waals surface area (Å²) < 4.78 is 0. The van der Waals surface area contributed by atoms with E-state index in [0.717, 1.165) is 37.1 Å². The minimum atomic E-state index is -0.0494. The summed E-state index contributed by atoms with van der Waals surface area (Å²) in [5.41, 5.74) is 8.01. The number of nitrogens with two attached hydrogens (primary N) is 1. The molecule has 7 unspecified atom stereocenters. The second-order valence-electron chi connectivity index (χ2n) is 9.87. The van der Waals surface area contributed by atoms with Gasteiger partial charge in [0.15, 0.2) is 0 Å². The highest BCUT2D eigenvalue weighted by atomic mass is 16.3. The van der Waals surface area contributed by atoms with Crippen LogP contribution >= 0.6 is 0 Å². The highest BCUT2D eigenvalue weighted by Crippen LogP contribution is 2.65. The number of aliphatic hydroxyl groups is 1. The summed E-state index contributed by atoms with van der Waals surface area (Å²) in [5, 5.41) is 10.6. The highest BCUT2D eigenvalue weighted by molar-refractivity contribution is 5.26. The third-order valence-electron chi connectivity index (χ3n) is 8.81. The van der Waals surface area contributed by atoms with Gasteiger partial charge in [-0.15, -0.1) is 0 Å². The van der Waals surface area contributed by atoms with Crippen molar-refractivity contribution in [2.24, 2.45) is 40.2 Å². The molecular weight excluding hydrogens is 306 g/mol. The lowest BCUT2D eigenvalue weighted by molar-refractivity contribution is -0.0742. The number of rotatable bonds is 3. The molecule has 2 nitrogen and oxygen atoms in total. The monoisotopic (exact) mass is 343 g/mol. The third kappa shape index (κ3) is 2.75. The molecule has 3 N–H and O–H groups in total. The van der Waals surface area contributed by atoms with Crippen LogP contribution in [-0.2, 0) is 0 Å². The molecule has 3 fully saturated rings. The number of fused-ring (bicyclic) bond motifs is 5. The van der Waals surface area contributed by atoms with Crippen LogP contribution in [0.4, 0.5) is 0 Å². The van der Waals surface area contributed by atoms with Crippen molar-refractivity contribution in [1.82, 2.24) is 0 Å². The highest BCUT2D eigenvalue weighted by Gasteiger charge is 2.58. The summed E-state index contributed by atoms with van der Waals surface area (Å²) >= 11 is 0. The fourth-order valence-electron chi connectivity index (χ4n) is 7.25. The summed E-state index contributed by atoms with van der Waals surface area (Å²) in [4.78, 5) is 0. The van der Waals surface area contributed by atoms with Crippen molar-refractivity contribution in [2.75, 3.05) is 6.54 Å². The van der Waals surface area contributed by atoms with Crippen molar-refractivity contribution < 1.29 is 5.11 Å². The average Bonchev–Trinajstić information content (AvgIpc) is 2.90. The first-order chi connectivity index (χ1) is 12.0. The van der Waals surface area contributed by atoms with E-state index < -0.39 is 0 Å². The van der Waals surface area contributed by atoms with Gasteiger partial charge in [0.05, 0.1) is 6.10 Å². The van der Waals surface area contributed by atoms with Crippen LogP contribution in [0, 0.1) is 34.5 Å². The molecule has 0 bridgehead atoms. The lowest BCUT2D eigenvalue weighted by Crippen LogP contribution is -2.51. The van der Waals surface area contributed by atoms with Gasteiger partial charge in [0.25, 0.3) is 0 Å². The Morgan fingerprint density at radius 2 is 1.96 bits per heavy atom. The minimum Gasteiger partial charge on any atom is -0.393 e. The molecule has 0 heterocycles.